The van der Waals surface area contributed by atoms with E-state index in [1.54, 1.807) is 19.1 Å². The zero-order chi connectivity index (χ0) is 21.0. The van der Waals surface area contributed by atoms with E-state index in [0.717, 1.165) is 11.6 Å². The van der Waals surface area contributed by atoms with E-state index in [0.29, 0.717) is 11.1 Å². The van der Waals surface area contributed by atoms with Crippen molar-refractivity contribution in [3.05, 3.63) is 89.2 Å². The smallest absolute Gasteiger partial charge is 0.416 e. The van der Waals surface area contributed by atoms with Crippen molar-refractivity contribution >= 4 is 0 Å². The molecule has 0 aliphatic carbocycles. The van der Waals surface area contributed by atoms with Crippen molar-refractivity contribution in [1.29, 1.82) is 0 Å². The fraction of sp³-hybridized carbons (Fsp3) is 0.217. The highest BCUT2D eigenvalue weighted by atomic mass is 19.4. The van der Waals surface area contributed by atoms with E-state index in [1.807, 2.05) is 30.3 Å². The van der Waals surface area contributed by atoms with Gasteiger partial charge in [0.2, 0.25) is 0 Å². The third-order valence-electron chi connectivity index (χ3n) is 4.76. The number of ether oxygens (including phenoxy) is 1. The molecule has 1 unspecified atom stereocenters. The van der Waals surface area contributed by atoms with Gasteiger partial charge < -0.3 is 10.1 Å². The highest BCUT2D eigenvalue weighted by Crippen LogP contribution is 2.40. The van der Waals surface area contributed by atoms with Crippen molar-refractivity contribution in [3.8, 4) is 16.9 Å². The van der Waals surface area contributed by atoms with Gasteiger partial charge in [-0.1, -0.05) is 42.5 Å². The van der Waals surface area contributed by atoms with Gasteiger partial charge in [-0.3, -0.25) is 0 Å². The molecule has 2 nitrogen and oxygen atoms in total. The third-order valence-corrected chi connectivity index (χ3v) is 4.76. The Hall–Kier alpha value is -2.86. The summed E-state index contributed by atoms with van der Waals surface area (Å²) in [5.74, 6) is -0.228. The molecule has 0 radical (unpaired) electrons. The minimum absolute atomic E-state index is 0.0314. The van der Waals surface area contributed by atoms with Gasteiger partial charge in [-0.15, -0.1) is 0 Å². The van der Waals surface area contributed by atoms with E-state index in [9.17, 15) is 17.6 Å². The first kappa shape index (κ1) is 20.9. The molecule has 0 saturated carbocycles. The van der Waals surface area contributed by atoms with Crippen LogP contribution in [-0.4, -0.2) is 7.11 Å². The number of hydrogen-bond donors (Lipinski definition) is 1. The van der Waals surface area contributed by atoms with E-state index in [4.69, 9.17) is 4.74 Å². The maximum atomic E-state index is 13.7. The number of halogens is 4. The number of methoxy groups -OCH3 is 1. The fourth-order valence-corrected chi connectivity index (χ4v) is 3.20. The van der Waals surface area contributed by atoms with Crippen LogP contribution in [0, 0.1) is 5.82 Å². The van der Waals surface area contributed by atoms with E-state index < -0.39 is 11.7 Å². The topological polar surface area (TPSA) is 21.3 Å². The number of rotatable bonds is 6. The second-order valence-corrected chi connectivity index (χ2v) is 6.73. The monoisotopic (exact) mass is 403 g/mol. The van der Waals surface area contributed by atoms with Gasteiger partial charge in [0.25, 0.3) is 0 Å². The minimum Gasteiger partial charge on any atom is -0.496 e. The lowest BCUT2D eigenvalue weighted by molar-refractivity contribution is -0.138. The van der Waals surface area contributed by atoms with Crippen LogP contribution in [0.5, 0.6) is 5.75 Å². The lowest BCUT2D eigenvalue weighted by Crippen LogP contribution is -2.21. The molecular formula is C23H21F4NO. The van der Waals surface area contributed by atoms with Crippen molar-refractivity contribution in [2.45, 2.75) is 25.7 Å². The predicted molar refractivity (Wildman–Crippen MR) is 105 cm³/mol. The molecule has 0 aliphatic heterocycles. The standard InChI is InChI=1S/C23H21F4NO/c1-15(17-9-6-10-19(24)11-17)28-14-18-12-20(16-7-4-3-5-8-16)22(29-2)13-21(18)23(25,26)27/h3-13,15,28H,14H2,1-2H3. The Morgan fingerprint density at radius 1 is 0.966 bits per heavy atom. The summed E-state index contributed by atoms with van der Waals surface area (Å²) < 4.78 is 59.7. The Kier molecular flexibility index (Phi) is 6.23. The van der Waals surface area contributed by atoms with Crippen LogP contribution in [-0.2, 0) is 12.7 Å². The summed E-state index contributed by atoms with van der Waals surface area (Å²) in [6, 6.07) is 17.3. The molecule has 29 heavy (non-hydrogen) atoms. The van der Waals surface area contributed by atoms with Crippen LogP contribution in [0.25, 0.3) is 11.1 Å². The zero-order valence-electron chi connectivity index (χ0n) is 16.1. The van der Waals surface area contributed by atoms with Crippen molar-refractivity contribution in [1.82, 2.24) is 5.32 Å². The van der Waals surface area contributed by atoms with Gasteiger partial charge in [0.15, 0.2) is 0 Å². The Morgan fingerprint density at radius 2 is 1.69 bits per heavy atom. The highest BCUT2D eigenvalue weighted by molar-refractivity contribution is 5.72. The van der Waals surface area contributed by atoms with Gasteiger partial charge in [0, 0.05) is 18.2 Å². The normalized spacial score (nSPS) is 12.6. The fourth-order valence-electron chi connectivity index (χ4n) is 3.20. The Balaban J connectivity index is 1.97. The van der Waals surface area contributed by atoms with Gasteiger partial charge in [-0.2, -0.15) is 13.2 Å². The van der Waals surface area contributed by atoms with Crippen LogP contribution in [0.1, 0.15) is 29.7 Å². The second-order valence-electron chi connectivity index (χ2n) is 6.73. The molecule has 6 heteroatoms. The molecule has 0 fully saturated rings. The van der Waals surface area contributed by atoms with Crippen LogP contribution in [0.3, 0.4) is 0 Å². The minimum atomic E-state index is -4.53. The average molecular weight is 403 g/mol. The van der Waals surface area contributed by atoms with E-state index >= 15 is 0 Å². The van der Waals surface area contributed by atoms with Crippen LogP contribution in [0.4, 0.5) is 17.6 Å². The largest absolute Gasteiger partial charge is 0.496 e. The third kappa shape index (κ3) is 4.95. The maximum absolute atomic E-state index is 13.7. The van der Waals surface area contributed by atoms with Crippen molar-refractivity contribution in [2.75, 3.05) is 7.11 Å². The summed E-state index contributed by atoms with van der Waals surface area (Å²) in [6.07, 6.45) is -4.53. The quantitative estimate of drug-likeness (QED) is 0.483. The van der Waals surface area contributed by atoms with Gasteiger partial charge in [0.1, 0.15) is 11.6 Å². The molecule has 152 valence electrons. The average Bonchev–Trinajstić information content (AvgIpc) is 2.71. The van der Waals surface area contributed by atoms with Gasteiger partial charge in [-0.05, 0) is 47.9 Å². The highest BCUT2D eigenvalue weighted by Gasteiger charge is 2.34. The molecule has 0 saturated heterocycles. The lowest BCUT2D eigenvalue weighted by atomic mass is 9.97. The molecule has 3 rings (SSSR count). The number of alkyl halides is 3. The molecule has 0 heterocycles. The molecule has 0 spiro atoms. The predicted octanol–water partition coefficient (Wildman–Crippen LogP) is 6.37. The number of benzene rings is 3. The summed E-state index contributed by atoms with van der Waals surface area (Å²) >= 11 is 0. The number of hydrogen-bond acceptors (Lipinski definition) is 2. The van der Waals surface area contributed by atoms with Crippen molar-refractivity contribution in [3.63, 3.8) is 0 Å². The van der Waals surface area contributed by atoms with Gasteiger partial charge in [0.05, 0.1) is 12.7 Å². The molecule has 0 amide bonds. The molecule has 0 aromatic heterocycles. The molecule has 3 aromatic rings. The lowest BCUT2D eigenvalue weighted by Gasteiger charge is -2.20. The molecule has 1 atom stereocenters. The van der Waals surface area contributed by atoms with Gasteiger partial charge >= 0.3 is 6.18 Å². The molecule has 0 aliphatic rings. The van der Waals surface area contributed by atoms with Crippen molar-refractivity contribution in [2.24, 2.45) is 0 Å². The summed E-state index contributed by atoms with van der Waals surface area (Å²) in [6.45, 7) is 1.75. The second kappa shape index (κ2) is 8.66. The SMILES string of the molecule is COc1cc(C(F)(F)F)c(CNC(C)c2cccc(F)c2)cc1-c1ccccc1. The first-order valence-electron chi connectivity index (χ1n) is 9.12. The van der Waals surface area contributed by atoms with Crippen LogP contribution in [0.15, 0.2) is 66.7 Å². The molecule has 1 N–H and O–H groups in total. The molecule has 3 aromatic carbocycles. The van der Waals surface area contributed by atoms with E-state index in [-0.39, 0.29) is 29.7 Å². The Bertz CT molecular complexity index is 970. The molecular weight excluding hydrogens is 382 g/mol. The first-order chi connectivity index (χ1) is 13.8. The van der Waals surface area contributed by atoms with Crippen LogP contribution >= 0.6 is 0 Å². The Labute approximate surface area is 167 Å². The molecule has 0 bridgehead atoms. The summed E-state index contributed by atoms with van der Waals surface area (Å²) in [5, 5.41) is 3.06. The maximum Gasteiger partial charge on any atom is 0.416 e. The first-order valence-corrected chi connectivity index (χ1v) is 9.12. The van der Waals surface area contributed by atoms with Crippen LogP contribution in [0.2, 0.25) is 0 Å². The summed E-state index contributed by atoms with van der Waals surface area (Å²) in [7, 11) is 1.35. The van der Waals surface area contributed by atoms with E-state index in [2.05, 4.69) is 5.32 Å². The Morgan fingerprint density at radius 3 is 2.31 bits per heavy atom. The summed E-state index contributed by atoms with van der Waals surface area (Å²) in [4.78, 5) is 0. The summed E-state index contributed by atoms with van der Waals surface area (Å²) in [5.41, 5.74) is 1.34. The van der Waals surface area contributed by atoms with Crippen molar-refractivity contribution < 1.29 is 22.3 Å². The zero-order valence-corrected chi connectivity index (χ0v) is 16.1. The number of nitrogens with one attached hydrogen (secondary N) is 1. The van der Waals surface area contributed by atoms with E-state index in [1.165, 1.54) is 25.3 Å². The van der Waals surface area contributed by atoms with Crippen LogP contribution < -0.4 is 10.1 Å². The van der Waals surface area contributed by atoms with Gasteiger partial charge in [-0.25, -0.2) is 4.39 Å².